The molecule has 0 bridgehead atoms. The van der Waals surface area contributed by atoms with Crippen LogP contribution >= 0.6 is 27.5 Å². The molecule has 27 heavy (non-hydrogen) atoms. The van der Waals surface area contributed by atoms with Crippen LogP contribution in [-0.4, -0.2) is 9.97 Å². The molecule has 1 heterocycles. The van der Waals surface area contributed by atoms with Gasteiger partial charge in [0.1, 0.15) is 0 Å². The molecule has 3 aromatic carbocycles. The van der Waals surface area contributed by atoms with E-state index in [9.17, 15) is 0 Å². The second kappa shape index (κ2) is 5.88. The molecule has 132 valence electrons. The Morgan fingerprint density at radius 2 is 1.56 bits per heavy atom. The number of hydrogen-bond acceptors (Lipinski definition) is 2. The van der Waals surface area contributed by atoms with Crippen molar-refractivity contribution in [1.82, 2.24) is 9.97 Å². The van der Waals surface area contributed by atoms with Crippen LogP contribution in [0.15, 0.2) is 65.1 Å². The van der Waals surface area contributed by atoms with Crippen LogP contribution in [0.5, 0.6) is 0 Å². The molecular formula is C23H16BrClN2. The Hall–Kier alpha value is -2.23. The summed E-state index contributed by atoms with van der Waals surface area (Å²) in [5.41, 5.74) is 7.97. The lowest BCUT2D eigenvalue weighted by Gasteiger charge is -2.22. The van der Waals surface area contributed by atoms with Crippen molar-refractivity contribution in [2.45, 2.75) is 19.3 Å². The number of nitrogens with zero attached hydrogens (tertiary/aromatic N) is 2. The second-order valence-corrected chi connectivity index (χ2v) is 8.69. The first-order valence-corrected chi connectivity index (χ1v) is 10.00. The van der Waals surface area contributed by atoms with Crippen LogP contribution < -0.4 is 0 Å². The maximum atomic E-state index is 6.21. The fraction of sp³-hybridized carbons (Fsp3) is 0.130. The van der Waals surface area contributed by atoms with E-state index in [-0.39, 0.29) is 10.7 Å². The summed E-state index contributed by atoms with van der Waals surface area (Å²) in [6, 6.07) is 21.1. The Balaban J connectivity index is 1.76. The molecular weight excluding hydrogens is 420 g/mol. The predicted molar refractivity (Wildman–Crippen MR) is 115 cm³/mol. The number of benzene rings is 3. The predicted octanol–water partition coefficient (Wildman–Crippen LogP) is 7.02. The van der Waals surface area contributed by atoms with Gasteiger partial charge in [-0.25, -0.2) is 9.97 Å². The molecule has 0 spiro atoms. The van der Waals surface area contributed by atoms with Crippen molar-refractivity contribution in [2.75, 3.05) is 0 Å². The van der Waals surface area contributed by atoms with Gasteiger partial charge in [0.05, 0.1) is 11.2 Å². The highest BCUT2D eigenvalue weighted by molar-refractivity contribution is 9.10. The Bertz CT molecular complexity index is 1230. The molecule has 0 saturated carbocycles. The lowest BCUT2D eigenvalue weighted by Crippen LogP contribution is -2.15. The Labute approximate surface area is 171 Å². The first-order chi connectivity index (χ1) is 12.9. The van der Waals surface area contributed by atoms with Crippen LogP contribution in [-0.2, 0) is 5.41 Å². The summed E-state index contributed by atoms with van der Waals surface area (Å²) in [6.45, 7) is 4.55. The van der Waals surface area contributed by atoms with Crippen LogP contribution in [0.1, 0.15) is 25.0 Å². The number of para-hydroxylation sites is 1. The highest BCUT2D eigenvalue weighted by Gasteiger charge is 2.35. The Morgan fingerprint density at radius 1 is 0.852 bits per heavy atom. The van der Waals surface area contributed by atoms with Crippen molar-refractivity contribution < 1.29 is 0 Å². The van der Waals surface area contributed by atoms with E-state index in [4.69, 9.17) is 11.6 Å². The summed E-state index contributed by atoms with van der Waals surface area (Å²) in [5, 5.41) is 1.29. The molecule has 1 aliphatic carbocycles. The molecule has 0 atom stereocenters. The lowest BCUT2D eigenvalue weighted by molar-refractivity contribution is 0.660. The minimum Gasteiger partial charge on any atom is -0.218 e. The normalized spacial score (nSPS) is 14.2. The smallest absolute Gasteiger partial charge is 0.218 e. The molecule has 1 aliphatic rings. The van der Waals surface area contributed by atoms with Crippen molar-refractivity contribution in [3.63, 3.8) is 0 Å². The van der Waals surface area contributed by atoms with Gasteiger partial charge in [-0.2, -0.15) is 0 Å². The molecule has 0 unspecified atom stereocenters. The Kier molecular flexibility index (Phi) is 3.68. The topological polar surface area (TPSA) is 25.8 Å². The third-order valence-electron chi connectivity index (χ3n) is 5.49. The van der Waals surface area contributed by atoms with Gasteiger partial charge >= 0.3 is 0 Å². The van der Waals surface area contributed by atoms with Crippen molar-refractivity contribution >= 4 is 38.4 Å². The van der Waals surface area contributed by atoms with E-state index in [1.165, 1.54) is 22.3 Å². The molecule has 0 amide bonds. The fourth-order valence-corrected chi connectivity index (χ4v) is 4.66. The zero-order chi connectivity index (χ0) is 18.8. The van der Waals surface area contributed by atoms with Gasteiger partial charge in [-0.15, -0.1) is 0 Å². The van der Waals surface area contributed by atoms with Gasteiger partial charge in [0.25, 0.3) is 0 Å². The third-order valence-corrected chi connectivity index (χ3v) is 6.15. The lowest BCUT2D eigenvalue weighted by atomic mass is 9.82. The number of fused-ring (bicyclic) bond motifs is 4. The summed E-state index contributed by atoms with van der Waals surface area (Å²) in [4.78, 5) is 8.91. The number of rotatable bonds is 1. The van der Waals surface area contributed by atoms with Crippen LogP contribution in [0, 0.1) is 0 Å². The van der Waals surface area contributed by atoms with Crippen LogP contribution in [0.3, 0.4) is 0 Å². The van der Waals surface area contributed by atoms with E-state index in [1.54, 1.807) is 0 Å². The molecule has 0 N–H and O–H groups in total. The fourth-order valence-electron chi connectivity index (χ4n) is 4.13. The molecule has 4 heteroatoms. The zero-order valence-electron chi connectivity index (χ0n) is 14.9. The Morgan fingerprint density at radius 3 is 2.37 bits per heavy atom. The quantitative estimate of drug-likeness (QED) is 0.300. The summed E-state index contributed by atoms with van der Waals surface area (Å²) in [6.07, 6.45) is 0. The van der Waals surface area contributed by atoms with Crippen molar-refractivity contribution in [2.24, 2.45) is 0 Å². The first kappa shape index (κ1) is 16.9. The van der Waals surface area contributed by atoms with E-state index in [0.717, 1.165) is 26.6 Å². The number of aromatic nitrogens is 2. The van der Waals surface area contributed by atoms with Crippen molar-refractivity contribution in [1.29, 1.82) is 0 Å². The molecule has 4 aromatic rings. The minimum absolute atomic E-state index is 0.0723. The third kappa shape index (κ3) is 2.53. The first-order valence-electron chi connectivity index (χ1n) is 8.83. The van der Waals surface area contributed by atoms with Gasteiger partial charge in [0, 0.05) is 20.8 Å². The highest BCUT2D eigenvalue weighted by atomic mass is 79.9. The molecule has 0 aliphatic heterocycles. The molecule has 0 fully saturated rings. The molecule has 0 radical (unpaired) electrons. The monoisotopic (exact) mass is 434 g/mol. The van der Waals surface area contributed by atoms with E-state index in [0.29, 0.717) is 0 Å². The van der Waals surface area contributed by atoms with Gasteiger partial charge in [-0.1, -0.05) is 66.2 Å². The van der Waals surface area contributed by atoms with Crippen molar-refractivity contribution in [3.8, 4) is 22.4 Å². The summed E-state index contributed by atoms with van der Waals surface area (Å²) in [5.74, 6) is 0. The van der Waals surface area contributed by atoms with E-state index in [2.05, 4.69) is 76.1 Å². The molecule has 2 nitrogen and oxygen atoms in total. The van der Waals surface area contributed by atoms with Crippen LogP contribution in [0.4, 0.5) is 0 Å². The SMILES string of the molecule is CC1(C)c2cc(Br)ccc2-c2ccc(-c3nc(Cl)nc4ccccc34)cc21. The molecule has 0 saturated heterocycles. The molecule has 1 aromatic heterocycles. The van der Waals surface area contributed by atoms with E-state index < -0.39 is 0 Å². The summed E-state index contributed by atoms with van der Waals surface area (Å²) >= 11 is 9.83. The van der Waals surface area contributed by atoms with Crippen LogP contribution in [0.2, 0.25) is 5.28 Å². The average molecular weight is 436 g/mol. The number of halogens is 2. The second-order valence-electron chi connectivity index (χ2n) is 7.43. The van der Waals surface area contributed by atoms with E-state index in [1.807, 2.05) is 24.3 Å². The number of hydrogen-bond donors (Lipinski definition) is 0. The molecule has 5 rings (SSSR count). The van der Waals surface area contributed by atoms with Crippen molar-refractivity contribution in [3.05, 3.63) is 81.5 Å². The summed E-state index contributed by atoms with van der Waals surface area (Å²) in [7, 11) is 0. The highest BCUT2D eigenvalue weighted by Crippen LogP contribution is 2.50. The largest absolute Gasteiger partial charge is 0.223 e. The standard InChI is InChI=1S/C23H16BrClN2/c1-23(2)18-11-13(7-9-15(18)16-10-8-14(24)12-19(16)23)21-17-5-3-4-6-20(17)26-22(25)27-21/h3-12H,1-2H3. The van der Waals surface area contributed by atoms with Gasteiger partial charge in [-0.05, 0) is 58.1 Å². The maximum absolute atomic E-state index is 6.21. The van der Waals surface area contributed by atoms with Gasteiger partial charge in [0.2, 0.25) is 5.28 Å². The van der Waals surface area contributed by atoms with E-state index >= 15 is 0 Å². The minimum atomic E-state index is -0.0723. The van der Waals surface area contributed by atoms with Gasteiger partial charge < -0.3 is 0 Å². The van der Waals surface area contributed by atoms with Crippen LogP contribution in [0.25, 0.3) is 33.3 Å². The maximum Gasteiger partial charge on any atom is 0.223 e. The summed E-state index contributed by atoms with van der Waals surface area (Å²) < 4.78 is 1.11. The zero-order valence-corrected chi connectivity index (χ0v) is 17.3. The average Bonchev–Trinajstić information content (AvgIpc) is 2.88. The van der Waals surface area contributed by atoms with Gasteiger partial charge in [-0.3, -0.25) is 0 Å². The van der Waals surface area contributed by atoms with Gasteiger partial charge in [0.15, 0.2) is 0 Å².